The van der Waals surface area contributed by atoms with Gasteiger partial charge in [0.25, 0.3) is 0 Å². The van der Waals surface area contributed by atoms with Crippen LogP contribution >= 0.6 is 22.6 Å². The van der Waals surface area contributed by atoms with E-state index >= 15 is 0 Å². The SMILES string of the molecule is COc1ccc(-c2nn3c(c2I)CN(C(=O)OC(C)(C)C)CC3)cc1F. The summed E-state index contributed by atoms with van der Waals surface area (Å²) in [6.45, 7) is 7.05. The third kappa shape index (κ3) is 3.79. The molecule has 1 aromatic heterocycles. The summed E-state index contributed by atoms with van der Waals surface area (Å²) in [5.74, 6) is -0.231. The van der Waals surface area contributed by atoms with E-state index in [2.05, 4.69) is 27.7 Å². The molecule has 2 heterocycles. The molecule has 0 saturated heterocycles. The first-order valence-corrected chi connectivity index (χ1v) is 9.34. The Hall–Kier alpha value is -1.84. The Kier molecular flexibility index (Phi) is 5.14. The fraction of sp³-hybridized carbons (Fsp3) is 0.444. The molecular weight excluding hydrogens is 452 g/mol. The molecule has 1 amide bonds. The third-order valence-electron chi connectivity index (χ3n) is 3.99. The number of carbonyl (C=O) groups excluding carboxylic acids is 1. The van der Waals surface area contributed by atoms with Gasteiger partial charge in [-0.2, -0.15) is 5.10 Å². The van der Waals surface area contributed by atoms with Crippen LogP contribution in [0.25, 0.3) is 11.3 Å². The van der Waals surface area contributed by atoms with Crippen molar-refractivity contribution in [2.75, 3.05) is 13.7 Å². The monoisotopic (exact) mass is 473 g/mol. The summed E-state index contributed by atoms with van der Waals surface area (Å²) in [5.41, 5.74) is 1.77. The van der Waals surface area contributed by atoms with Gasteiger partial charge in [-0.3, -0.25) is 4.68 Å². The second-order valence-electron chi connectivity index (χ2n) is 7.08. The fourth-order valence-electron chi connectivity index (χ4n) is 2.77. The standard InChI is InChI=1S/C18H21FIN3O3/c1-18(2,3)26-17(24)22-7-8-23-13(10-22)15(20)16(21-23)11-5-6-14(25-4)12(19)9-11/h5-6,9H,7-8,10H2,1-4H3. The van der Waals surface area contributed by atoms with Gasteiger partial charge in [-0.05, 0) is 61.6 Å². The van der Waals surface area contributed by atoms with Gasteiger partial charge < -0.3 is 14.4 Å². The first-order chi connectivity index (χ1) is 12.2. The topological polar surface area (TPSA) is 56.6 Å². The van der Waals surface area contributed by atoms with Crippen LogP contribution in [-0.2, 0) is 17.8 Å². The van der Waals surface area contributed by atoms with Crippen LogP contribution in [0, 0.1) is 9.39 Å². The molecule has 0 saturated carbocycles. The molecule has 0 bridgehead atoms. The fourth-order valence-corrected chi connectivity index (χ4v) is 3.63. The largest absolute Gasteiger partial charge is 0.494 e. The zero-order chi connectivity index (χ0) is 19.1. The van der Waals surface area contributed by atoms with Crippen molar-refractivity contribution in [3.63, 3.8) is 0 Å². The highest BCUT2D eigenvalue weighted by Gasteiger charge is 2.29. The summed E-state index contributed by atoms with van der Waals surface area (Å²) in [5, 5.41) is 4.61. The highest BCUT2D eigenvalue weighted by Crippen LogP contribution is 2.32. The van der Waals surface area contributed by atoms with Crippen molar-refractivity contribution in [2.45, 2.75) is 39.5 Å². The van der Waals surface area contributed by atoms with E-state index in [0.29, 0.717) is 30.9 Å². The Labute approximate surface area is 165 Å². The lowest BCUT2D eigenvalue weighted by molar-refractivity contribution is 0.0194. The van der Waals surface area contributed by atoms with Crippen LogP contribution in [0.1, 0.15) is 26.5 Å². The number of nitrogens with zero attached hydrogens (tertiary/aromatic N) is 3. The molecule has 6 nitrogen and oxygen atoms in total. The molecule has 0 radical (unpaired) electrons. The number of carbonyl (C=O) groups is 1. The molecule has 1 aliphatic rings. The number of methoxy groups -OCH3 is 1. The number of amides is 1. The number of rotatable bonds is 2. The smallest absolute Gasteiger partial charge is 0.410 e. The average Bonchev–Trinajstić information content (AvgIpc) is 2.89. The Morgan fingerprint density at radius 2 is 2.04 bits per heavy atom. The van der Waals surface area contributed by atoms with Gasteiger partial charge in [0.2, 0.25) is 0 Å². The van der Waals surface area contributed by atoms with E-state index in [0.717, 1.165) is 9.26 Å². The number of hydrogen-bond acceptors (Lipinski definition) is 4. The highest BCUT2D eigenvalue weighted by atomic mass is 127. The maximum atomic E-state index is 14.0. The summed E-state index contributed by atoms with van der Waals surface area (Å²) >= 11 is 2.20. The van der Waals surface area contributed by atoms with Gasteiger partial charge in [0.05, 0.1) is 29.5 Å². The number of fused-ring (bicyclic) bond motifs is 1. The van der Waals surface area contributed by atoms with Gasteiger partial charge >= 0.3 is 6.09 Å². The third-order valence-corrected chi connectivity index (χ3v) is 5.13. The molecule has 0 fully saturated rings. The molecular formula is C18H21FIN3O3. The first-order valence-electron chi connectivity index (χ1n) is 8.26. The summed E-state index contributed by atoms with van der Waals surface area (Å²) in [6.07, 6.45) is -0.335. The van der Waals surface area contributed by atoms with Crippen molar-refractivity contribution >= 4 is 28.7 Å². The number of ether oxygens (including phenoxy) is 2. The molecule has 0 atom stereocenters. The van der Waals surface area contributed by atoms with Crippen molar-refractivity contribution in [1.82, 2.24) is 14.7 Å². The van der Waals surface area contributed by atoms with Crippen LogP contribution in [0.3, 0.4) is 0 Å². The first kappa shape index (κ1) is 18.9. The van der Waals surface area contributed by atoms with E-state index in [1.807, 2.05) is 25.5 Å². The Morgan fingerprint density at radius 3 is 2.65 bits per heavy atom. The molecule has 8 heteroatoms. The minimum absolute atomic E-state index is 0.198. The predicted octanol–water partition coefficient (Wildman–Crippen LogP) is 4.05. The summed E-state index contributed by atoms with van der Waals surface area (Å²) in [6, 6.07) is 4.79. The van der Waals surface area contributed by atoms with Crippen molar-refractivity contribution in [1.29, 1.82) is 0 Å². The molecule has 3 rings (SSSR count). The highest BCUT2D eigenvalue weighted by molar-refractivity contribution is 14.1. The van der Waals surface area contributed by atoms with Gasteiger partial charge in [0, 0.05) is 12.1 Å². The normalized spacial score (nSPS) is 14.2. The molecule has 1 aromatic carbocycles. The van der Waals surface area contributed by atoms with Gasteiger partial charge in [-0.1, -0.05) is 0 Å². The number of benzene rings is 1. The molecule has 2 aromatic rings. The predicted molar refractivity (Wildman–Crippen MR) is 104 cm³/mol. The van der Waals surface area contributed by atoms with Crippen LogP contribution in [-0.4, -0.2) is 40.0 Å². The number of hydrogen-bond donors (Lipinski definition) is 0. The van der Waals surface area contributed by atoms with Crippen LogP contribution < -0.4 is 4.74 Å². The molecule has 0 spiro atoms. The summed E-state index contributed by atoms with van der Waals surface area (Å²) in [4.78, 5) is 14.0. The molecule has 140 valence electrons. The second-order valence-corrected chi connectivity index (χ2v) is 8.16. The molecule has 0 N–H and O–H groups in total. The van der Waals surface area contributed by atoms with Crippen molar-refractivity contribution in [2.24, 2.45) is 0 Å². The minimum Gasteiger partial charge on any atom is -0.494 e. The van der Waals surface area contributed by atoms with Crippen molar-refractivity contribution in [3.05, 3.63) is 33.3 Å². The maximum Gasteiger partial charge on any atom is 0.410 e. The van der Waals surface area contributed by atoms with E-state index in [-0.39, 0.29) is 11.8 Å². The maximum absolute atomic E-state index is 14.0. The lowest BCUT2D eigenvalue weighted by Crippen LogP contribution is -2.41. The van der Waals surface area contributed by atoms with Gasteiger partial charge in [-0.25, -0.2) is 9.18 Å². The molecule has 0 unspecified atom stereocenters. The second kappa shape index (κ2) is 7.05. The zero-order valence-corrected chi connectivity index (χ0v) is 17.3. The number of halogens is 2. The van der Waals surface area contributed by atoms with Gasteiger partial charge in [-0.15, -0.1) is 0 Å². The van der Waals surface area contributed by atoms with Crippen molar-refractivity contribution < 1.29 is 18.7 Å². The lowest BCUT2D eigenvalue weighted by Gasteiger charge is -2.30. The van der Waals surface area contributed by atoms with E-state index < -0.39 is 11.4 Å². The van der Waals surface area contributed by atoms with E-state index in [1.54, 1.807) is 17.0 Å². The van der Waals surface area contributed by atoms with Gasteiger partial charge in [0.1, 0.15) is 11.3 Å². The van der Waals surface area contributed by atoms with Crippen LogP contribution in [0.5, 0.6) is 5.75 Å². The molecule has 26 heavy (non-hydrogen) atoms. The Balaban J connectivity index is 1.87. The number of aromatic nitrogens is 2. The molecule has 1 aliphatic heterocycles. The van der Waals surface area contributed by atoms with E-state index in [4.69, 9.17) is 9.47 Å². The minimum atomic E-state index is -0.534. The zero-order valence-electron chi connectivity index (χ0n) is 15.2. The Morgan fingerprint density at radius 1 is 1.31 bits per heavy atom. The van der Waals surface area contributed by atoms with E-state index in [9.17, 15) is 9.18 Å². The van der Waals surface area contributed by atoms with Crippen LogP contribution in [0.4, 0.5) is 9.18 Å². The Bertz CT molecular complexity index is 845. The van der Waals surface area contributed by atoms with E-state index in [1.165, 1.54) is 13.2 Å². The van der Waals surface area contributed by atoms with Crippen molar-refractivity contribution in [3.8, 4) is 17.0 Å². The summed E-state index contributed by atoms with van der Waals surface area (Å²) in [7, 11) is 1.43. The average molecular weight is 473 g/mol. The summed E-state index contributed by atoms with van der Waals surface area (Å²) < 4.78 is 27.2. The quantitative estimate of drug-likeness (QED) is 0.618. The van der Waals surface area contributed by atoms with Crippen LogP contribution in [0.2, 0.25) is 0 Å². The molecule has 0 aliphatic carbocycles. The van der Waals surface area contributed by atoms with Gasteiger partial charge in [0.15, 0.2) is 11.6 Å². The van der Waals surface area contributed by atoms with Crippen LogP contribution in [0.15, 0.2) is 18.2 Å². The lowest BCUT2D eigenvalue weighted by atomic mass is 10.1.